The normalized spacial score (nSPS) is 12.7. The predicted octanol–water partition coefficient (Wildman–Crippen LogP) is 1.86. The highest BCUT2D eigenvalue weighted by atomic mass is 19.4. The molecule has 0 unspecified atom stereocenters. The number of hydroxylamine groups is 1. The summed E-state index contributed by atoms with van der Waals surface area (Å²) in [6.07, 6.45) is -6.56. The third kappa shape index (κ3) is 8.78. The van der Waals surface area contributed by atoms with E-state index in [1.807, 2.05) is 0 Å². The predicted molar refractivity (Wildman–Crippen MR) is 137 cm³/mol. The molecule has 0 fully saturated rings. The molecule has 0 saturated heterocycles. The van der Waals surface area contributed by atoms with Crippen LogP contribution in [0.15, 0.2) is 72.8 Å². The maximum absolute atomic E-state index is 12.5. The number of halogens is 3. The fraction of sp³-hybridized carbons (Fsp3) is 0.192. The third-order valence-electron chi connectivity index (χ3n) is 5.47. The van der Waals surface area contributed by atoms with E-state index in [4.69, 9.17) is 10.9 Å². The molecule has 0 spiro atoms. The van der Waals surface area contributed by atoms with E-state index in [1.54, 1.807) is 42.5 Å². The lowest BCUT2D eigenvalue weighted by Crippen LogP contribution is -2.55. The van der Waals surface area contributed by atoms with Crippen LogP contribution in [-0.2, 0) is 16.1 Å². The number of nitrogens with one attached hydrogen (secondary N) is 4. The lowest BCUT2D eigenvalue weighted by atomic mass is 10.0. The number of para-hydroxylation sites is 1. The Morgan fingerprint density at radius 2 is 1.52 bits per heavy atom. The number of benzene rings is 3. The van der Waals surface area contributed by atoms with Crippen molar-refractivity contribution in [1.29, 1.82) is 0 Å². The maximum atomic E-state index is 12.5. The van der Waals surface area contributed by atoms with Gasteiger partial charge < -0.3 is 31.5 Å². The number of alkyl halides is 3. The van der Waals surface area contributed by atoms with Crippen molar-refractivity contribution in [2.24, 2.45) is 5.73 Å². The third-order valence-corrected chi connectivity index (χ3v) is 5.47. The Hall–Kier alpha value is -4.50. The van der Waals surface area contributed by atoms with E-state index < -0.39 is 36.4 Å². The van der Waals surface area contributed by atoms with Crippen LogP contribution in [0, 0.1) is 0 Å². The van der Waals surface area contributed by atoms with Gasteiger partial charge in [-0.15, -0.1) is 13.2 Å². The zero-order valence-corrected chi connectivity index (χ0v) is 20.7. The Labute approximate surface area is 226 Å². The Bertz CT molecular complexity index is 1320. The number of anilines is 1. The summed E-state index contributed by atoms with van der Waals surface area (Å²) in [4.78, 5) is 36.2. The highest BCUT2D eigenvalue weighted by Gasteiger charge is 2.32. The smallest absolute Gasteiger partial charge is 0.405 e. The van der Waals surface area contributed by atoms with Crippen molar-refractivity contribution in [3.05, 3.63) is 83.9 Å². The van der Waals surface area contributed by atoms with Crippen LogP contribution in [0.3, 0.4) is 0 Å². The van der Waals surface area contributed by atoms with Gasteiger partial charge in [-0.2, -0.15) is 0 Å². The molecule has 11 nitrogen and oxygen atoms in total. The fourth-order valence-electron chi connectivity index (χ4n) is 3.55. The average molecular weight is 562 g/mol. The van der Waals surface area contributed by atoms with Gasteiger partial charge in [0.05, 0.1) is 6.54 Å². The Balaban J connectivity index is 1.53. The van der Waals surface area contributed by atoms with E-state index in [0.29, 0.717) is 5.69 Å². The molecular weight excluding hydrogens is 535 g/mol. The zero-order chi connectivity index (χ0) is 29.3. The number of aliphatic hydroxyl groups is 1. The molecule has 3 aromatic rings. The molecule has 3 rings (SSSR count). The standard InChI is InChI=1S/C26H26F3N5O6/c27-26(28,29)40-20-4-2-1-3-18(20)13-31-14-21(35)32-19-11-9-16(10-12-19)15-5-7-17(8-6-15)24(37)33-22(23(30)36)25(38)34-39/h1-12,22-23,31,36,39H,13-14,30H2,(H,32,35)(H,33,37)(H,34,38)/t22-,23-/m0/s1. The van der Waals surface area contributed by atoms with Crippen LogP contribution in [-0.4, -0.2) is 53.2 Å². The molecule has 8 N–H and O–H groups in total. The number of nitrogens with two attached hydrogens (primary N) is 1. The first-order chi connectivity index (χ1) is 19.0. The summed E-state index contributed by atoms with van der Waals surface area (Å²) in [5.41, 5.74) is 8.97. The molecule has 0 bridgehead atoms. The zero-order valence-electron chi connectivity index (χ0n) is 20.7. The van der Waals surface area contributed by atoms with Gasteiger partial charge in [0.2, 0.25) is 5.91 Å². The average Bonchev–Trinajstić information content (AvgIpc) is 2.91. The molecule has 212 valence electrons. The molecule has 0 saturated carbocycles. The molecule has 2 atom stereocenters. The minimum Gasteiger partial charge on any atom is -0.405 e. The van der Waals surface area contributed by atoms with E-state index in [-0.39, 0.29) is 30.0 Å². The monoisotopic (exact) mass is 561 g/mol. The van der Waals surface area contributed by atoms with Crippen LogP contribution < -0.4 is 31.9 Å². The number of carbonyl (C=O) groups excluding carboxylic acids is 3. The van der Waals surface area contributed by atoms with Crippen LogP contribution >= 0.6 is 0 Å². The molecule has 0 aliphatic carbocycles. The molecule has 3 aromatic carbocycles. The summed E-state index contributed by atoms with van der Waals surface area (Å²) in [6, 6.07) is 17.1. The number of hydrogen-bond acceptors (Lipinski definition) is 8. The van der Waals surface area contributed by atoms with Crippen molar-refractivity contribution >= 4 is 23.4 Å². The Morgan fingerprint density at radius 1 is 0.925 bits per heavy atom. The molecule has 0 aliphatic rings. The molecule has 0 heterocycles. The number of rotatable bonds is 11. The summed E-state index contributed by atoms with van der Waals surface area (Å²) in [5.74, 6) is -2.54. The van der Waals surface area contributed by atoms with Crippen LogP contribution in [0.4, 0.5) is 18.9 Å². The van der Waals surface area contributed by atoms with Gasteiger partial charge in [-0.1, -0.05) is 42.5 Å². The van der Waals surface area contributed by atoms with Crippen molar-refractivity contribution < 1.29 is 42.6 Å². The molecule has 0 aliphatic heterocycles. The summed E-state index contributed by atoms with van der Waals surface area (Å²) >= 11 is 0. The van der Waals surface area contributed by atoms with Gasteiger partial charge in [0.15, 0.2) is 0 Å². The largest absolute Gasteiger partial charge is 0.573 e. The van der Waals surface area contributed by atoms with E-state index in [0.717, 1.165) is 11.1 Å². The van der Waals surface area contributed by atoms with E-state index in [1.165, 1.54) is 35.8 Å². The van der Waals surface area contributed by atoms with Crippen molar-refractivity contribution in [2.75, 3.05) is 11.9 Å². The first kappa shape index (κ1) is 30.0. The Kier molecular flexibility index (Phi) is 10.2. The van der Waals surface area contributed by atoms with Gasteiger partial charge in [0.1, 0.15) is 18.0 Å². The van der Waals surface area contributed by atoms with Crippen LogP contribution in [0.5, 0.6) is 5.75 Å². The van der Waals surface area contributed by atoms with Gasteiger partial charge in [0.25, 0.3) is 11.8 Å². The van der Waals surface area contributed by atoms with E-state index in [2.05, 4.69) is 20.7 Å². The molecule has 40 heavy (non-hydrogen) atoms. The molecule has 0 aromatic heterocycles. The summed E-state index contributed by atoms with van der Waals surface area (Å²) in [6.45, 7) is -0.178. The van der Waals surface area contributed by atoms with E-state index >= 15 is 0 Å². The first-order valence-corrected chi connectivity index (χ1v) is 11.7. The lowest BCUT2D eigenvalue weighted by Gasteiger charge is -2.19. The number of hydrogen-bond donors (Lipinski definition) is 7. The SMILES string of the molecule is N[C@@H](O)[C@H](NC(=O)c1ccc(-c2ccc(NC(=O)CNCc3ccccc3OC(F)(F)F)cc2)cc1)C(=O)NO. The Morgan fingerprint density at radius 3 is 2.10 bits per heavy atom. The van der Waals surface area contributed by atoms with Crippen molar-refractivity contribution in [2.45, 2.75) is 25.2 Å². The van der Waals surface area contributed by atoms with Crippen LogP contribution in [0.2, 0.25) is 0 Å². The maximum Gasteiger partial charge on any atom is 0.573 e. The highest BCUT2D eigenvalue weighted by molar-refractivity contribution is 5.98. The lowest BCUT2D eigenvalue weighted by molar-refractivity contribution is -0.274. The number of carbonyl (C=O) groups is 3. The van der Waals surface area contributed by atoms with Crippen LogP contribution in [0.25, 0.3) is 11.1 Å². The second kappa shape index (κ2) is 13.5. The number of aliphatic hydroxyl groups excluding tert-OH is 1. The summed E-state index contributed by atoms with van der Waals surface area (Å²) < 4.78 is 41.6. The number of ether oxygens (including phenoxy) is 1. The quantitative estimate of drug-likeness (QED) is 0.105. The van der Waals surface area contributed by atoms with Crippen molar-refractivity contribution in [3.8, 4) is 16.9 Å². The summed E-state index contributed by atoms with van der Waals surface area (Å²) in [5, 5.41) is 25.8. The van der Waals surface area contributed by atoms with Crippen LogP contribution in [0.1, 0.15) is 15.9 Å². The van der Waals surface area contributed by atoms with Crippen molar-refractivity contribution in [1.82, 2.24) is 16.1 Å². The highest BCUT2D eigenvalue weighted by Crippen LogP contribution is 2.26. The minimum absolute atomic E-state index is 0.0191. The van der Waals surface area contributed by atoms with Crippen molar-refractivity contribution in [3.63, 3.8) is 0 Å². The molecule has 0 radical (unpaired) electrons. The summed E-state index contributed by atoms with van der Waals surface area (Å²) in [7, 11) is 0. The van der Waals surface area contributed by atoms with Gasteiger partial charge in [-0.25, -0.2) is 5.48 Å². The fourth-order valence-corrected chi connectivity index (χ4v) is 3.55. The molecule has 14 heteroatoms. The van der Waals surface area contributed by atoms with E-state index in [9.17, 15) is 32.7 Å². The van der Waals surface area contributed by atoms with Gasteiger partial charge >= 0.3 is 6.36 Å². The van der Waals surface area contributed by atoms with Gasteiger partial charge in [-0.3, -0.25) is 19.6 Å². The minimum atomic E-state index is -4.82. The molecular formula is C26H26F3N5O6. The second-order valence-corrected chi connectivity index (χ2v) is 8.38. The van der Waals surface area contributed by atoms with Gasteiger partial charge in [-0.05, 0) is 41.5 Å². The molecule has 3 amide bonds. The number of amides is 3. The first-order valence-electron chi connectivity index (χ1n) is 11.7. The van der Waals surface area contributed by atoms with Gasteiger partial charge in [0, 0.05) is 23.4 Å². The second-order valence-electron chi connectivity index (χ2n) is 8.38. The topological polar surface area (TPSA) is 175 Å².